The lowest BCUT2D eigenvalue weighted by molar-refractivity contribution is 0.102. The van der Waals surface area contributed by atoms with Crippen molar-refractivity contribution < 1.29 is 18.7 Å². The molecule has 2 heterocycles. The Morgan fingerprint density at radius 2 is 1.66 bits per heavy atom. The first-order valence-corrected chi connectivity index (χ1v) is 12.9. The topological polar surface area (TPSA) is 86.8 Å². The van der Waals surface area contributed by atoms with E-state index in [1.54, 1.807) is 12.1 Å². The number of hydrogen-bond acceptors (Lipinski definition) is 6. The molecule has 2 aromatic carbocycles. The number of ether oxygens (including phenoxy) is 1. The van der Waals surface area contributed by atoms with Gasteiger partial charge in [-0.2, -0.15) is 0 Å². The minimum Gasteiger partial charge on any atom is -0.490 e. The van der Waals surface area contributed by atoms with Crippen molar-refractivity contribution in [2.75, 3.05) is 48.8 Å². The molecule has 0 atom stereocenters. The van der Waals surface area contributed by atoms with Gasteiger partial charge in [0.05, 0.1) is 27.9 Å². The molecule has 1 aliphatic heterocycles. The molecule has 1 aromatic heterocycles. The van der Waals surface area contributed by atoms with E-state index in [1.807, 2.05) is 26.0 Å². The molecule has 1 fully saturated rings. The SMILES string of the molecule is CC(C)Oc1cc(N2CCCN(C)CC2)ccc1C(=O)Nc1ccc(F)cc1C(=O)Nc1ccc(Cl)cn1.Cl.Cl.Cl. The lowest BCUT2D eigenvalue weighted by Gasteiger charge is -2.24. The van der Waals surface area contributed by atoms with Gasteiger partial charge in [-0.1, -0.05) is 11.6 Å². The molecule has 0 aliphatic carbocycles. The van der Waals surface area contributed by atoms with E-state index in [0.29, 0.717) is 16.3 Å². The standard InChI is InChI=1S/C28H31ClFN5O3.3ClH/c1-18(2)38-25-16-21(35-12-4-11-34(3)13-14-35)7-8-22(25)27(36)32-24-9-6-20(30)15-23(24)28(37)33-26-10-5-19(29)17-31-26;;;/h5-10,15-18H,4,11-14H2,1-3H3,(H,32,36)(H,31,33,37);3*1H. The summed E-state index contributed by atoms with van der Waals surface area (Å²) in [6.45, 7) is 7.55. The average molecular weight is 649 g/mol. The number of rotatable bonds is 7. The zero-order chi connectivity index (χ0) is 27.2. The second-order valence-electron chi connectivity index (χ2n) is 9.45. The minimum absolute atomic E-state index is 0. The first-order chi connectivity index (χ1) is 18.2. The van der Waals surface area contributed by atoms with Gasteiger partial charge in [-0.05, 0) is 76.3 Å². The molecule has 0 saturated carbocycles. The van der Waals surface area contributed by atoms with Gasteiger partial charge in [0.1, 0.15) is 17.4 Å². The van der Waals surface area contributed by atoms with Crippen LogP contribution in [0.15, 0.2) is 54.7 Å². The highest BCUT2D eigenvalue weighted by Gasteiger charge is 2.21. The number of pyridine rings is 1. The Hall–Kier alpha value is -2.82. The van der Waals surface area contributed by atoms with Crippen molar-refractivity contribution in [2.45, 2.75) is 26.4 Å². The number of carbonyl (C=O) groups is 2. The van der Waals surface area contributed by atoms with Crippen molar-refractivity contribution in [3.8, 4) is 5.75 Å². The van der Waals surface area contributed by atoms with Gasteiger partial charge in [-0.25, -0.2) is 9.37 Å². The first-order valence-electron chi connectivity index (χ1n) is 12.5. The summed E-state index contributed by atoms with van der Waals surface area (Å²) in [5, 5.41) is 5.76. The van der Waals surface area contributed by atoms with Crippen LogP contribution in [0, 0.1) is 5.82 Å². The van der Waals surface area contributed by atoms with E-state index in [-0.39, 0.29) is 60.4 Å². The smallest absolute Gasteiger partial charge is 0.259 e. The van der Waals surface area contributed by atoms with Crippen LogP contribution in [-0.2, 0) is 0 Å². The zero-order valence-electron chi connectivity index (χ0n) is 22.9. The van der Waals surface area contributed by atoms with Gasteiger partial charge in [0.25, 0.3) is 11.8 Å². The number of nitrogens with zero attached hydrogens (tertiary/aromatic N) is 3. The highest BCUT2D eigenvalue weighted by molar-refractivity contribution is 6.30. The van der Waals surface area contributed by atoms with Gasteiger partial charge < -0.3 is 25.2 Å². The molecule has 8 nitrogen and oxygen atoms in total. The maximum Gasteiger partial charge on any atom is 0.259 e. The van der Waals surface area contributed by atoms with Crippen LogP contribution in [0.3, 0.4) is 0 Å². The third kappa shape index (κ3) is 9.90. The van der Waals surface area contributed by atoms with Crippen LogP contribution in [0.4, 0.5) is 21.6 Å². The predicted molar refractivity (Wildman–Crippen MR) is 170 cm³/mol. The van der Waals surface area contributed by atoms with Crippen LogP contribution in [0.1, 0.15) is 41.0 Å². The molecule has 13 heteroatoms. The van der Waals surface area contributed by atoms with Crippen LogP contribution >= 0.6 is 48.8 Å². The fourth-order valence-corrected chi connectivity index (χ4v) is 4.30. The number of halogens is 5. The summed E-state index contributed by atoms with van der Waals surface area (Å²) < 4.78 is 20.1. The number of anilines is 3. The van der Waals surface area contributed by atoms with Crippen molar-refractivity contribution in [2.24, 2.45) is 0 Å². The maximum atomic E-state index is 14.1. The summed E-state index contributed by atoms with van der Waals surface area (Å²) in [5.41, 5.74) is 1.39. The van der Waals surface area contributed by atoms with Crippen LogP contribution < -0.4 is 20.3 Å². The fourth-order valence-electron chi connectivity index (χ4n) is 4.19. The largest absolute Gasteiger partial charge is 0.490 e. The number of aromatic nitrogens is 1. The highest BCUT2D eigenvalue weighted by Crippen LogP contribution is 2.29. The summed E-state index contributed by atoms with van der Waals surface area (Å²) in [7, 11) is 2.11. The van der Waals surface area contributed by atoms with Gasteiger partial charge in [0, 0.05) is 37.6 Å². The molecule has 1 saturated heterocycles. The summed E-state index contributed by atoms with van der Waals surface area (Å²) >= 11 is 5.85. The molecule has 0 spiro atoms. The summed E-state index contributed by atoms with van der Waals surface area (Å²) in [6.07, 6.45) is 2.26. The Kier molecular flexibility index (Phi) is 14.6. The Morgan fingerprint density at radius 1 is 0.927 bits per heavy atom. The molecule has 224 valence electrons. The summed E-state index contributed by atoms with van der Waals surface area (Å²) in [6, 6.07) is 12.2. The van der Waals surface area contributed by atoms with E-state index in [2.05, 4.69) is 32.5 Å². The van der Waals surface area contributed by atoms with Crippen LogP contribution in [0.25, 0.3) is 0 Å². The van der Waals surface area contributed by atoms with Crippen LogP contribution in [0.2, 0.25) is 5.02 Å². The molecule has 1 aliphatic rings. The normalized spacial score (nSPS) is 13.2. The van der Waals surface area contributed by atoms with Crippen molar-refractivity contribution >= 4 is 77.8 Å². The van der Waals surface area contributed by atoms with Gasteiger partial charge in [-0.15, -0.1) is 37.2 Å². The Balaban J connectivity index is 0.00000280. The lowest BCUT2D eigenvalue weighted by Crippen LogP contribution is -2.29. The van der Waals surface area contributed by atoms with Crippen molar-refractivity contribution in [1.82, 2.24) is 9.88 Å². The molecular weight excluding hydrogens is 615 g/mol. The van der Waals surface area contributed by atoms with E-state index in [1.165, 1.54) is 24.4 Å². The van der Waals surface area contributed by atoms with Gasteiger partial charge >= 0.3 is 0 Å². The molecule has 2 amide bonds. The average Bonchev–Trinajstić information content (AvgIpc) is 3.10. The van der Waals surface area contributed by atoms with E-state index in [0.717, 1.165) is 44.4 Å². The van der Waals surface area contributed by atoms with E-state index in [9.17, 15) is 14.0 Å². The lowest BCUT2D eigenvalue weighted by atomic mass is 10.1. The van der Waals surface area contributed by atoms with E-state index >= 15 is 0 Å². The number of carbonyl (C=O) groups excluding carboxylic acids is 2. The van der Waals surface area contributed by atoms with Gasteiger partial charge in [0.2, 0.25) is 0 Å². The predicted octanol–water partition coefficient (Wildman–Crippen LogP) is 6.57. The van der Waals surface area contributed by atoms with Crippen molar-refractivity contribution in [1.29, 1.82) is 0 Å². The number of likely N-dealkylation sites (N-methyl/N-ethyl adjacent to an activating group) is 1. The van der Waals surface area contributed by atoms with Crippen molar-refractivity contribution in [3.63, 3.8) is 0 Å². The number of hydrogen-bond donors (Lipinski definition) is 2. The molecule has 4 rings (SSSR count). The van der Waals surface area contributed by atoms with E-state index < -0.39 is 17.6 Å². The molecule has 41 heavy (non-hydrogen) atoms. The highest BCUT2D eigenvalue weighted by atomic mass is 35.5. The Bertz CT molecular complexity index is 1310. The third-order valence-electron chi connectivity index (χ3n) is 6.10. The monoisotopic (exact) mass is 647 g/mol. The second kappa shape index (κ2) is 16.6. The van der Waals surface area contributed by atoms with Crippen LogP contribution in [-0.4, -0.2) is 61.0 Å². The molecule has 0 radical (unpaired) electrons. The quantitative estimate of drug-likeness (QED) is 0.301. The van der Waals surface area contributed by atoms with E-state index in [4.69, 9.17) is 16.3 Å². The second-order valence-corrected chi connectivity index (χ2v) is 9.89. The molecular formula is C28H34Cl4FN5O3. The van der Waals surface area contributed by atoms with Crippen molar-refractivity contribution in [3.05, 3.63) is 76.7 Å². The Morgan fingerprint density at radius 3 is 2.34 bits per heavy atom. The number of nitrogens with one attached hydrogen (secondary N) is 2. The number of amides is 2. The van der Waals surface area contributed by atoms with Crippen LogP contribution in [0.5, 0.6) is 5.75 Å². The molecule has 0 unspecified atom stereocenters. The minimum atomic E-state index is -0.630. The zero-order valence-corrected chi connectivity index (χ0v) is 26.1. The first kappa shape index (κ1) is 36.2. The fraction of sp³-hybridized carbons (Fsp3) is 0.321. The Labute approximate surface area is 263 Å². The summed E-state index contributed by atoms with van der Waals surface area (Å²) in [5.74, 6) is -1.05. The molecule has 3 aromatic rings. The third-order valence-corrected chi connectivity index (χ3v) is 6.32. The maximum absolute atomic E-state index is 14.1. The molecule has 0 bridgehead atoms. The number of benzene rings is 2. The summed E-state index contributed by atoms with van der Waals surface area (Å²) in [4.78, 5) is 34.9. The van der Waals surface area contributed by atoms with Gasteiger partial charge in [-0.3, -0.25) is 9.59 Å². The molecule has 2 N–H and O–H groups in total. The van der Waals surface area contributed by atoms with Gasteiger partial charge in [0.15, 0.2) is 0 Å².